The molecule has 12 rings (SSSR count). The quantitative estimate of drug-likeness (QED) is 0.177. The van der Waals surface area contributed by atoms with Gasteiger partial charge in [0.15, 0.2) is 0 Å². The van der Waals surface area contributed by atoms with Crippen LogP contribution in [0.25, 0.3) is 65.6 Å². The molecule has 0 saturated carbocycles. The minimum Gasteiger partial charge on any atom is -0.311 e. The molecule has 46 heavy (non-hydrogen) atoms. The largest absolute Gasteiger partial charge is 0.311 e. The summed E-state index contributed by atoms with van der Waals surface area (Å²) in [7, 11) is 0. The van der Waals surface area contributed by atoms with E-state index in [9.17, 15) is 0 Å². The second-order valence-corrected chi connectivity index (χ2v) is 12.9. The molecule has 0 saturated heterocycles. The van der Waals surface area contributed by atoms with Gasteiger partial charge in [-0.2, -0.15) is 0 Å². The first-order valence-electron chi connectivity index (χ1n) is 16.1. The molecule has 2 aliphatic heterocycles. The van der Waals surface area contributed by atoms with Crippen LogP contribution in [0.5, 0.6) is 0 Å². The molecule has 10 aromatic rings. The van der Waals surface area contributed by atoms with Gasteiger partial charge in [-0.05, 0) is 64.9 Å². The number of aromatic nitrogens is 2. The van der Waals surface area contributed by atoms with E-state index in [2.05, 4.69) is 159 Å². The topological polar surface area (TPSA) is 12.6 Å². The summed E-state index contributed by atoms with van der Waals surface area (Å²) in [5, 5.41) is 7.90. The molecule has 0 atom stereocenters. The molecule has 5 heterocycles. The highest BCUT2D eigenvalue weighted by Crippen LogP contribution is 2.45. The Balaban J connectivity index is 1.29. The molecule has 0 N–H and O–H groups in total. The van der Waals surface area contributed by atoms with Crippen LogP contribution >= 0.6 is 0 Å². The molecule has 0 unspecified atom stereocenters. The predicted molar refractivity (Wildman–Crippen MR) is 195 cm³/mol. The van der Waals surface area contributed by atoms with E-state index < -0.39 is 0 Å². The zero-order valence-electron chi connectivity index (χ0n) is 24.8. The molecule has 3 aromatic heterocycles. The van der Waals surface area contributed by atoms with Crippen LogP contribution in [0.1, 0.15) is 0 Å². The van der Waals surface area contributed by atoms with Crippen LogP contribution in [0.15, 0.2) is 146 Å². The van der Waals surface area contributed by atoms with E-state index in [1.807, 2.05) is 0 Å². The van der Waals surface area contributed by atoms with E-state index in [1.54, 1.807) is 0 Å². The Hall–Kier alpha value is -6.00. The zero-order chi connectivity index (χ0) is 29.7. The molecule has 2 aliphatic rings. The Morgan fingerprint density at radius 2 is 1.04 bits per heavy atom. The van der Waals surface area contributed by atoms with Crippen molar-refractivity contribution in [1.82, 2.24) is 8.97 Å². The third-order valence-corrected chi connectivity index (χ3v) is 10.8. The Kier molecular flexibility index (Phi) is 4.06. The van der Waals surface area contributed by atoms with Gasteiger partial charge in [0.05, 0.1) is 27.6 Å². The zero-order valence-corrected chi connectivity index (χ0v) is 24.8. The van der Waals surface area contributed by atoms with E-state index in [1.165, 1.54) is 99.0 Å². The summed E-state index contributed by atoms with van der Waals surface area (Å²) in [5.74, 6) is 0. The van der Waals surface area contributed by atoms with Gasteiger partial charge in [-0.15, -0.1) is 0 Å². The summed E-state index contributed by atoms with van der Waals surface area (Å²) in [6.45, 7) is 0.156. The maximum atomic E-state index is 2.57. The number of anilines is 3. The molecule has 0 radical (unpaired) electrons. The second-order valence-electron chi connectivity index (χ2n) is 12.9. The molecule has 0 spiro atoms. The fraction of sp³-hybridized carbons (Fsp3) is 0. The summed E-state index contributed by atoms with van der Waals surface area (Å²) >= 11 is 0. The van der Waals surface area contributed by atoms with Gasteiger partial charge in [-0.3, -0.25) is 0 Å². The van der Waals surface area contributed by atoms with Gasteiger partial charge in [0, 0.05) is 55.1 Å². The highest BCUT2D eigenvalue weighted by atomic mass is 15.2. The monoisotopic (exact) mass is 581 g/mol. The number of nitrogens with zero attached hydrogens (tertiary/aromatic N) is 3. The van der Waals surface area contributed by atoms with Crippen molar-refractivity contribution in [2.24, 2.45) is 0 Å². The molecule has 7 aromatic carbocycles. The number of rotatable bonds is 1. The number of benzene rings is 7. The van der Waals surface area contributed by atoms with Crippen molar-refractivity contribution < 1.29 is 0 Å². The number of para-hydroxylation sites is 5. The van der Waals surface area contributed by atoms with Crippen molar-refractivity contribution in [3.8, 4) is 5.69 Å². The van der Waals surface area contributed by atoms with E-state index in [0.717, 1.165) is 0 Å². The standard InChI is InChI=1S/C42H24BN3/c1-2-11-25(12-3-1)44-35-19-8-5-16-32(35)43-33-17-6-9-20-36(33)46-39-24-38-30(23-31(39)29-21-22-37(44)40(43)42(29)46)28-15-10-14-27-26-13-4-7-18-34(26)45(38)41(27)28/h1-24H. The van der Waals surface area contributed by atoms with E-state index in [4.69, 9.17) is 0 Å². The summed E-state index contributed by atoms with van der Waals surface area (Å²) in [6, 6.07) is 54.2. The molecular weight excluding hydrogens is 557 g/mol. The third kappa shape index (κ3) is 2.58. The Morgan fingerprint density at radius 1 is 0.391 bits per heavy atom. The van der Waals surface area contributed by atoms with Gasteiger partial charge >= 0.3 is 0 Å². The smallest absolute Gasteiger partial charge is 0.252 e. The summed E-state index contributed by atoms with van der Waals surface area (Å²) in [4.78, 5) is 2.47. The van der Waals surface area contributed by atoms with Crippen LogP contribution in [0.4, 0.5) is 17.1 Å². The molecule has 0 amide bonds. The molecule has 3 nitrogen and oxygen atoms in total. The first-order chi connectivity index (χ1) is 22.9. The normalized spacial score (nSPS) is 13.6. The van der Waals surface area contributed by atoms with Gasteiger partial charge in [0.25, 0.3) is 6.71 Å². The first-order valence-corrected chi connectivity index (χ1v) is 16.1. The second kappa shape index (κ2) is 7.98. The van der Waals surface area contributed by atoms with Crippen molar-refractivity contribution >= 4 is 100 Å². The van der Waals surface area contributed by atoms with Crippen LogP contribution in [0.3, 0.4) is 0 Å². The minimum atomic E-state index is 0.156. The average Bonchev–Trinajstić information content (AvgIpc) is 3.75. The summed E-state index contributed by atoms with van der Waals surface area (Å²) < 4.78 is 5.07. The fourth-order valence-corrected chi connectivity index (χ4v) is 9.10. The lowest BCUT2D eigenvalue weighted by atomic mass is 9.34. The van der Waals surface area contributed by atoms with Crippen LogP contribution in [-0.4, -0.2) is 15.7 Å². The van der Waals surface area contributed by atoms with Crippen LogP contribution < -0.4 is 21.3 Å². The Bertz CT molecular complexity index is 2930. The van der Waals surface area contributed by atoms with Crippen LogP contribution in [-0.2, 0) is 0 Å². The SMILES string of the molecule is c1ccc(N2c3ccccc3B3c4ccccc4-n4c5cc6c(cc5c5ccc2c3c54)c2cccc3c4ccccc4n6c32)cc1. The molecular formula is C42H24BN3. The number of fused-ring (bicyclic) bond motifs is 14. The lowest BCUT2D eigenvalue weighted by molar-refractivity contribution is 1.18. The highest BCUT2D eigenvalue weighted by Gasteiger charge is 2.41. The van der Waals surface area contributed by atoms with Gasteiger partial charge in [0.2, 0.25) is 0 Å². The number of hydrogen-bond donors (Lipinski definition) is 0. The van der Waals surface area contributed by atoms with Crippen molar-refractivity contribution in [3.05, 3.63) is 146 Å². The maximum absolute atomic E-state index is 2.57. The van der Waals surface area contributed by atoms with Crippen molar-refractivity contribution in [3.63, 3.8) is 0 Å². The fourth-order valence-electron chi connectivity index (χ4n) is 9.10. The van der Waals surface area contributed by atoms with Crippen molar-refractivity contribution in [2.75, 3.05) is 4.90 Å². The van der Waals surface area contributed by atoms with Gasteiger partial charge in [-0.25, -0.2) is 0 Å². The lowest BCUT2D eigenvalue weighted by Crippen LogP contribution is -2.60. The van der Waals surface area contributed by atoms with E-state index in [0.29, 0.717) is 0 Å². The average molecular weight is 581 g/mol. The first kappa shape index (κ1) is 23.4. The van der Waals surface area contributed by atoms with Gasteiger partial charge in [-0.1, -0.05) is 97.1 Å². The predicted octanol–water partition coefficient (Wildman–Crippen LogP) is 8.55. The van der Waals surface area contributed by atoms with Gasteiger partial charge < -0.3 is 13.9 Å². The summed E-state index contributed by atoms with van der Waals surface area (Å²) in [6.07, 6.45) is 0. The Morgan fingerprint density at radius 3 is 1.91 bits per heavy atom. The molecule has 0 bridgehead atoms. The third-order valence-electron chi connectivity index (χ3n) is 10.8. The summed E-state index contributed by atoms with van der Waals surface area (Å²) in [5.41, 5.74) is 15.5. The van der Waals surface area contributed by atoms with Crippen molar-refractivity contribution in [2.45, 2.75) is 0 Å². The molecule has 4 heteroatoms. The lowest BCUT2D eigenvalue weighted by Gasteiger charge is -2.39. The molecule has 0 fully saturated rings. The van der Waals surface area contributed by atoms with Crippen LogP contribution in [0, 0.1) is 0 Å². The molecule has 210 valence electrons. The van der Waals surface area contributed by atoms with Crippen molar-refractivity contribution in [1.29, 1.82) is 0 Å². The van der Waals surface area contributed by atoms with Gasteiger partial charge in [0.1, 0.15) is 0 Å². The Labute approximate surface area is 264 Å². The van der Waals surface area contributed by atoms with E-state index in [-0.39, 0.29) is 6.71 Å². The molecule has 0 aliphatic carbocycles. The maximum Gasteiger partial charge on any atom is 0.252 e. The number of hydrogen-bond acceptors (Lipinski definition) is 1. The van der Waals surface area contributed by atoms with E-state index >= 15 is 0 Å². The minimum absolute atomic E-state index is 0.156. The van der Waals surface area contributed by atoms with Crippen LogP contribution in [0.2, 0.25) is 0 Å². The highest BCUT2D eigenvalue weighted by molar-refractivity contribution is 7.00.